The second-order valence-electron chi connectivity index (χ2n) is 5.26. The van der Waals surface area contributed by atoms with Crippen LogP contribution in [-0.4, -0.2) is 19.4 Å². The maximum absolute atomic E-state index is 12.3. The van der Waals surface area contributed by atoms with Crippen molar-refractivity contribution >= 4 is 27.3 Å². The smallest absolute Gasteiger partial charge is 0.258 e. The van der Waals surface area contributed by atoms with Gasteiger partial charge in [-0.2, -0.15) is 0 Å². The summed E-state index contributed by atoms with van der Waals surface area (Å²) in [5.74, 6) is 0. The summed E-state index contributed by atoms with van der Waals surface area (Å²) in [6.45, 7) is 1.49. The summed E-state index contributed by atoms with van der Waals surface area (Å²) < 4.78 is 27.3. The molecule has 0 spiro atoms. The van der Waals surface area contributed by atoms with Crippen molar-refractivity contribution in [3.05, 3.63) is 32.8 Å². The highest BCUT2D eigenvalue weighted by Crippen LogP contribution is 2.30. The lowest BCUT2D eigenvalue weighted by molar-refractivity contribution is -0.385. The third-order valence-corrected chi connectivity index (χ3v) is 5.62. The summed E-state index contributed by atoms with van der Waals surface area (Å²) in [6.07, 6.45) is 4.67. The van der Waals surface area contributed by atoms with E-state index in [1.165, 1.54) is 13.0 Å². The second kappa shape index (κ2) is 6.29. The average molecular weight is 333 g/mol. The van der Waals surface area contributed by atoms with Crippen molar-refractivity contribution in [3.63, 3.8) is 0 Å². The van der Waals surface area contributed by atoms with Gasteiger partial charge in [0.25, 0.3) is 5.69 Å². The zero-order valence-electron chi connectivity index (χ0n) is 11.6. The monoisotopic (exact) mass is 332 g/mol. The van der Waals surface area contributed by atoms with Crippen LogP contribution < -0.4 is 4.72 Å². The van der Waals surface area contributed by atoms with Crippen LogP contribution in [0.4, 0.5) is 5.69 Å². The van der Waals surface area contributed by atoms with E-state index >= 15 is 0 Å². The molecule has 8 heteroatoms. The number of nitrogens with one attached hydrogen (secondary N) is 1. The van der Waals surface area contributed by atoms with Crippen molar-refractivity contribution < 1.29 is 13.3 Å². The summed E-state index contributed by atoms with van der Waals surface area (Å²) in [7, 11) is -3.79. The Kier molecular flexibility index (Phi) is 4.85. The van der Waals surface area contributed by atoms with Crippen LogP contribution in [0.2, 0.25) is 5.02 Å². The molecule has 0 radical (unpaired) electrons. The molecule has 0 saturated heterocycles. The Balaban J connectivity index is 2.33. The second-order valence-corrected chi connectivity index (χ2v) is 7.38. The molecule has 2 rings (SSSR count). The van der Waals surface area contributed by atoms with Crippen molar-refractivity contribution in [1.82, 2.24) is 4.72 Å². The van der Waals surface area contributed by atoms with Crippen molar-refractivity contribution in [2.75, 3.05) is 0 Å². The van der Waals surface area contributed by atoms with E-state index in [-0.39, 0.29) is 27.2 Å². The fourth-order valence-corrected chi connectivity index (χ4v) is 4.12. The van der Waals surface area contributed by atoms with Crippen LogP contribution in [0.5, 0.6) is 0 Å². The predicted octanol–water partition coefficient (Wildman–Crippen LogP) is 3.17. The van der Waals surface area contributed by atoms with E-state index < -0.39 is 14.9 Å². The summed E-state index contributed by atoms with van der Waals surface area (Å²) >= 11 is 5.92. The Morgan fingerprint density at radius 1 is 1.29 bits per heavy atom. The van der Waals surface area contributed by atoms with Gasteiger partial charge in [0.15, 0.2) is 0 Å². The molecule has 116 valence electrons. The third kappa shape index (κ3) is 3.72. The minimum atomic E-state index is -3.79. The first-order valence-corrected chi connectivity index (χ1v) is 8.64. The van der Waals surface area contributed by atoms with E-state index in [0.29, 0.717) is 0 Å². The molecule has 0 aliphatic heterocycles. The molecule has 1 aromatic rings. The zero-order chi connectivity index (χ0) is 15.6. The minimum Gasteiger partial charge on any atom is -0.258 e. The van der Waals surface area contributed by atoms with Crippen LogP contribution in [0.15, 0.2) is 17.0 Å². The van der Waals surface area contributed by atoms with Gasteiger partial charge in [-0.1, -0.05) is 30.9 Å². The fourth-order valence-electron chi connectivity index (χ4n) is 2.49. The van der Waals surface area contributed by atoms with Crippen LogP contribution in [0.1, 0.15) is 37.7 Å². The molecule has 0 amide bonds. The van der Waals surface area contributed by atoms with Gasteiger partial charge >= 0.3 is 0 Å². The first kappa shape index (κ1) is 16.2. The van der Waals surface area contributed by atoms with Crippen LogP contribution >= 0.6 is 11.6 Å². The Bertz CT molecular complexity index is 654. The molecule has 1 N–H and O–H groups in total. The third-order valence-electron chi connectivity index (χ3n) is 3.72. The molecule has 1 aliphatic carbocycles. The van der Waals surface area contributed by atoms with Crippen LogP contribution in [-0.2, 0) is 10.0 Å². The fraction of sp³-hybridized carbons (Fsp3) is 0.538. The van der Waals surface area contributed by atoms with Crippen molar-refractivity contribution in [3.8, 4) is 0 Å². The van der Waals surface area contributed by atoms with E-state index in [4.69, 9.17) is 11.6 Å². The van der Waals surface area contributed by atoms with Crippen molar-refractivity contribution in [1.29, 1.82) is 0 Å². The summed E-state index contributed by atoms with van der Waals surface area (Å²) in [4.78, 5) is 10.2. The van der Waals surface area contributed by atoms with Crippen molar-refractivity contribution in [2.45, 2.75) is 50.0 Å². The number of nitro groups is 1. The lowest BCUT2D eigenvalue weighted by atomic mass is 9.96. The summed E-state index contributed by atoms with van der Waals surface area (Å²) in [5, 5.41) is 11.1. The molecule has 1 aliphatic rings. The molecule has 21 heavy (non-hydrogen) atoms. The van der Waals surface area contributed by atoms with Crippen molar-refractivity contribution in [2.24, 2.45) is 0 Å². The van der Waals surface area contributed by atoms with Crippen LogP contribution in [0.25, 0.3) is 0 Å². The maximum atomic E-state index is 12.3. The molecular weight excluding hydrogens is 316 g/mol. The number of rotatable bonds is 4. The minimum absolute atomic E-state index is 0.0771. The normalized spacial score (nSPS) is 16.9. The number of halogens is 1. The molecule has 0 unspecified atom stereocenters. The Labute approximate surface area is 128 Å². The van der Waals surface area contributed by atoms with Crippen LogP contribution in [0.3, 0.4) is 0 Å². The molecule has 0 atom stereocenters. The van der Waals surface area contributed by atoms with Gasteiger partial charge in [-0.05, 0) is 25.8 Å². The highest BCUT2D eigenvalue weighted by atomic mass is 35.5. The number of nitrogens with zero attached hydrogens (tertiary/aromatic N) is 1. The first-order chi connectivity index (χ1) is 9.81. The lowest BCUT2D eigenvalue weighted by Gasteiger charge is -2.22. The SMILES string of the molecule is Cc1c(Cl)cc(S(=O)(=O)NC2CCCCC2)cc1[N+](=O)[O-]. The van der Waals surface area contributed by atoms with E-state index in [2.05, 4.69) is 4.72 Å². The predicted molar refractivity (Wildman–Crippen MR) is 80.0 cm³/mol. The molecule has 0 bridgehead atoms. The highest BCUT2D eigenvalue weighted by Gasteiger charge is 2.25. The van der Waals surface area contributed by atoms with Gasteiger partial charge in [0, 0.05) is 17.7 Å². The van der Waals surface area contributed by atoms with Crippen LogP contribution in [0, 0.1) is 17.0 Å². The number of nitro benzene ring substituents is 1. The lowest BCUT2D eigenvalue weighted by Crippen LogP contribution is -2.36. The Hall–Kier alpha value is -1.18. The molecule has 0 heterocycles. The number of hydrogen-bond acceptors (Lipinski definition) is 4. The molecule has 0 aromatic heterocycles. The van der Waals surface area contributed by atoms with E-state index in [1.54, 1.807) is 0 Å². The molecular formula is C13H17ClN2O4S. The van der Waals surface area contributed by atoms with E-state index in [9.17, 15) is 18.5 Å². The van der Waals surface area contributed by atoms with Gasteiger partial charge in [0.05, 0.1) is 14.8 Å². The van der Waals surface area contributed by atoms with Gasteiger partial charge < -0.3 is 0 Å². The van der Waals surface area contributed by atoms with Gasteiger partial charge in [-0.3, -0.25) is 10.1 Å². The van der Waals surface area contributed by atoms with E-state index in [0.717, 1.165) is 38.2 Å². The topological polar surface area (TPSA) is 89.3 Å². The number of sulfonamides is 1. The molecule has 1 aromatic carbocycles. The summed E-state index contributed by atoms with van der Waals surface area (Å²) in [5.41, 5.74) is -0.0233. The number of benzene rings is 1. The van der Waals surface area contributed by atoms with E-state index in [1.807, 2.05) is 0 Å². The molecule has 1 fully saturated rings. The van der Waals surface area contributed by atoms with Gasteiger partial charge in [0.2, 0.25) is 10.0 Å². The Morgan fingerprint density at radius 3 is 2.48 bits per heavy atom. The average Bonchev–Trinajstić information content (AvgIpc) is 2.41. The van der Waals surface area contributed by atoms with Gasteiger partial charge in [-0.25, -0.2) is 13.1 Å². The molecule has 1 saturated carbocycles. The summed E-state index contributed by atoms with van der Waals surface area (Å²) in [6, 6.07) is 2.21. The van der Waals surface area contributed by atoms with Gasteiger partial charge in [0.1, 0.15) is 0 Å². The molecule has 6 nitrogen and oxygen atoms in total. The zero-order valence-corrected chi connectivity index (χ0v) is 13.2. The first-order valence-electron chi connectivity index (χ1n) is 6.78. The number of hydrogen-bond donors (Lipinski definition) is 1. The van der Waals surface area contributed by atoms with Gasteiger partial charge in [-0.15, -0.1) is 0 Å². The Morgan fingerprint density at radius 2 is 1.90 bits per heavy atom. The standard InChI is InChI=1S/C13H17ClN2O4S/c1-9-12(14)7-11(8-13(9)16(17)18)21(19,20)15-10-5-3-2-4-6-10/h7-8,10,15H,2-6H2,1H3. The highest BCUT2D eigenvalue weighted by molar-refractivity contribution is 7.89. The quantitative estimate of drug-likeness (QED) is 0.677. The maximum Gasteiger partial charge on any atom is 0.275 e. The largest absolute Gasteiger partial charge is 0.275 e.